The molecule has 4 saturated carbocycles. The number of hydrogen-bond acceptors (Lipinski definition) is 3. The monoisotopic (exact) mass is 346 g/mol. The average molecular weight is 347 g/mol. The van der Waals surface area contributed by atoms with E-state index < -0.39 is 0 Å². The van der Waals surface area contributed by atoms with E-state index in [0.717, 1.165) is 25.7 Å². The van der Waals surface area contributed by atoms with Crippen LogP contribution in [0.5, 0.6) is 0 Å². The molecule has 6 atom stereocenters. The standard InChI is InChI=1S/C22H34O3/c1-14(23)25-16-12-17-19(2,3)7-6-8-21(17,5)22-10-9-20(4,13-22)18(24)11-15(16)22/h15-17H,6-13H2,1-5H3/t15-,16+,17+,20+,21+,22+/m1/s1. The van der Waals surface area contributed by atoms with Crippen LogP contribution in [0.2, 0.25) is 0 Å². The molecule has 0 radical (unpaired) electrons. The molecule has 0 saturated heterocycles. The van der Waals surface area contributed by atoms with Crippen LogP contribution in [0.25, 0.3) is 0 Å². The second-order valence-corrected chi connectivity index (χ2v) is 10.8. The van der Waals surface area contributed by atoms with Gasteiger partial charge in [-0.15, -0.1) is 0 Å². The van der Waals surface area contributed by atoms with Crippen LogP contribution in [0, 0.1) is 33.5 Å². The van der Waals surface area contributed by atoms with Gasteiger partial charge in [-0.3, -0.25) is 9.59 Å². The molecule has 0 aromatic rings. The number of fused-ring (bicyclic) bond motifs is 2. The number of hydrogen-bond donors (Lipinski definition) is 0. The fraction of sp³-hybridized carbons (Fsp3) is 0.909. The van der Waals surface area contributed by atoms with Crippen LogP contribution in [0.15, 0.2) is 0 Å². The number of rotatable bonds is 1. The topological polar surface area (TPSA) is 43.4 Å². The highest BCUT2D eigenvalue weighted by molar-refractivity contribution is 5.86. The average Bonchev–Trinajstić information content (AvgIpc) is 2.81. The molecule has 0 heterocycles. The summed E-state index contributed by atoms with van der Waals surface area (Å²) in [6.45, 7) is 11.1. The molecule has 0 aliphatic heterocycles. The molecule has 1 spiro atoms. The number of ketones is 1. The van der Waals surface area contributed by atoms with E-state index in [1.165, 1.54) is 26.2 Å². The van der Waals surface area contributed by atoms with Crippen molar-refractivity contribution >= 4 is 11.8 Å². The van der Waals surface area contributed by atoms with Gasteiger partial charge in [0.05, 0.1) is 0 Å². The Labute approximate surface area is 152 Å². The van der Waals surface area contributed by atoms with E-state index in [9.17, 15) is 9.59 Å². The van der Waals surface area contributed by atoms with Crippen molar-refractivity contribution < 1.29 is 14.3 Å². The highest BCUT2D eigenvalue weighted by Gasteiger charge is 2.71. The quantitative estimate of drug-likeness (QED) is 0.633. The molecule has 0 aromatic carbocycles. The molecule has 4 fully saturated rings. The Morgan fingerprint density at radius 3 is 2.48 bits per heavy atom. The molecular formula is C22H34O3. The van der Waals surface area contributed by atoms with E-state index in [4.69, 9.17) is 4.74 Å². The number of Topliss-reactive ketones (excluding diaryl/α,β-unsaturated/α-hetero) is 1. The van der Waals surface area contributed by atoms with Crippen LogP contribution < -0.4 is 0 Å². The summed E-state index contributed by atoms with van der Waals surface area (Å²) in [5.41, 5.74) is 0.597. The number of carbonyl (C=O) groups is 2. The zero-order valence-electron chi connectivity index (χ0n) is 16.6. The maximum atomic E-state index is 12.9. The molecule has 0 unspecified atom stereocenters. The van der Waals surface area contributed by atoms with E-state index in [-0.39, 0.29) is 39.7 Å². The predicted octanol–water partition coefficient (Wildman–Crippen LogP) is 4.92. The predicted molar refractivity (Wildman–Crippen MR) is 96.9 cm³/mol. The summed E-state index contributed by atoms with van der Waals surface area (Å²) in [7, 11) is 0. The largest absolute Gasteiger partial charge is 0.462 e. The lowest BCUT2D eigenvalue weighted by molar-refractivity contribution is -0.219. The summed E-state index contributed by atoms with van der Waals surface area (Å²) in [5.74, 6) is 1.04. The fourth-order valence-corrected chi connectivity index (χ4v) is 8.00. The van der Waals surface area contributed by atoms with Crippen molar-refractivity contribution in [2.75, 3.05) is 0 Å². The van der Waals surface area contributed by atoms with E-state index in [1.807, 2.05) is 0 Å². The van der Waals surface area contributed by atoms with Gasteiger partial charge in [0, 0.05) is 24.7 Å². The Bertz CT molecular complexity index is 623. The molecule has 25 heavy (non-hydrogen) atoms. The fourth-order valence-electron chi connectivity index (χ4n) is 8.00. The first-order valence-electron chi connectivity index (χ1n) is 10.2. The van der Waals surface area contributed by atoms with Crippen LogP contribution >= 0.6 is 0 Å². The molecule has 4 aliphatic rings. The minimum absolute atomic E-state index is 0.0699. The van der Waals surface area contributed by atoms with E-state index in [2.05, 4.69) is 27.7 Å². The highest BCUT2D eigenvalue weighted by atomic mass is 16.5. The SMILES string of the molecule is CC(=O)O[C@H]1C[C@H]2C(C)(C)CCC[C@]2(C)[C@@]23CC[C@@](C)(C2)C(=O)C[C@H]13. The summed E-state index contributed by atoms with van der Waals surface area (Å²) in [6.07, 6.45) is 8.50. The van der Waals surface area contributed by atoms with Crippen molar-refractivity contribution in [2.24, 2.45) is 33.5 Å². The van der Waals surface area contributed by atoms with Crippen LogP contribution in [-0.4, -0.2) is 17.9 Å². The lowest BCUT2D eigenvalue weighted by Gasteiger charge is -2.67. The van der Waals surface area contributed by atoms with Gasteiger partial charge in [-0.25, -0.2) is 0 Å². The zero-order valence-corrected chi connectivity index (χ0v) is 16.6. The van der Waals surface area contributed by atoms with Gasteiger partial charge in [0.2, 0.25) is 0 Å². The van der Waals surface area contributed by atoms with E-state index in [1.54, 1.807) is 0 Å². The van der Waals surface area contributed by atoms with Crippen molar-refractivity contribution in [1.82, 2.24) is 0 Å². The van der Waals surface area contributed by atoms with Crippen molar-refractivity contribution in [3.8, 4) is 0 Å². The smallest absolute Gasteiger partial charge is 0.302 e. The summed E-state index contributed by atoms with van der Waals surface area (Å²) in [5, 5.41) is 0. The Morgan fingerprint density at radius 2 is 1.80 bits per heavy atom. The minimum atomic E-state index is -0.184. The first-order valence-corrected chi connectivity index (χ1v) is 10.2. The van der Waals surface area contributed by atoms with Crippen LogP contribution in [0.3, 0.4) is 0 Å². The number of esters is 1. The van der Waals surface area contributed by atoms with Crippen molar-refractivity contribution in [2.45, 2.75) is 92.1 Å². The first-order chi connectivity index (χ1) is 11.5. The van der Waals surface area contributed by atoms with Crippen molar-refractivity contribution in [3.05, 3.63) is 0 Å². The molecule has 0 aromatic heterocycles. The molecule has 2 bridgehead atoms. The lowest BCUT2D eigenvalue weighted by atomic mass is 9.38. The van der Waals surface area contributed by atoms with Crippen LogP contribution in [0.1, 0.15) is 86.0 Å². The van der Waals surface area contributed by atoms with Gasteiger partial charge in [0.25, 0.3) is 0 Å². The van der Waals surface area contributed by atoms with Gasteiger partial charge in [-0.05, 0) is 60.7 Å². The molecular weight excluding hydrogens is 312 g/mol. The van der Waals surface area contributed by atoms with Crippen LogP contribution in [-0.2, 0) is 14.3 Å². The third kappa shape index (κ3) is 2.16. The summed E-state index contributed by atoms with van der Waals surface area (Å²) in [6, 6.07) is 0. The molecule has 0 amide bonds. The maximum Gasteiger partial charge on any atom is 0.302 e. The van der Waals surface area contributed by atoms with E-state index >= 15 is 0 Å². The van der Waals surface area contributed by atoms with Gasteiger partial charge in [0.15, 0.2) is 0 Å². The lowest BCUT2D eigenvalue weighted by Crippen LogP contribution is -2.64. The summed E-state index contributed by atoms with van der Waals surface area (Å²) < 4.78 is 5.88. The molecule has 4 aliphatic carbocycles. The third-order valence-corrected chi connectivity index (χ3v) is 9.22. The summed E-state index contributed by atoms with van der Waals surface area (Å²) >= 11 is 0. The molecule has 140 valence electrons. The molecule has 3 nitrogen and oxygen atoms in total. The Hall–Kier alpha value is -0.860. The second-order valence-electron chi connectivity index (χ2n) is 10.8. The Morgan fingerprint density at radius 1 is 1.08 bits per heavy atom. The minimum Gasteiger partial charge on any atom is -0.462 e. The first kappa shape index (κ1) is 17.5. The van der Waals surface area contributed by atoms with E-state index in [0.29, 0.717) is 18.1 Å². The van der Waals surface area contributed by atoms with Gasteiger partial charge < -0.3 is 4.74 Å². The molecule has 0 N–H and O–H groups in total. The molecule has 4 rings (SSSR count). The van der Waals surface area contributed by atoms with Crippen LogP contribution in [0.4, 0.5) is 0 Å². The van der Waals surface area contributed by atoms with Crippen molar-refractivity contribution in [3.63, 3.8) is 0 Å². The van der Waals surface area contributed by atoms with Gasteiger partial charge in [-0.2, -0.15) is 0 Å². The second kappa shape index (κ2) is 5.10. The van der Waals surface area contributed by atoms with Gasteiger partial charge in [-0.1, -0.05) is 34.1 Å². The van der Waals surface area contributed by atoms with Crippen molar-refractivity contribution in [1.29, 1.82) is 0 Å². The zero-order chi connectivity index (χ0) is 18.3. The molecule has 3 heteroatoms. The highest BCUT2D eigenvalue weighted by Crippen LogP contribution is 2.75. The van der Waals surface area contributed by atoms with Gasteiger partial charge in [0.1, 0.15) is 11.9 Å². The third-order valence-electron chi connectivity index (χ3n) is 9.22. The van der Waals surface area contributed by atoms with Gasteiger partial charge >= 0.3 is 5.97 Å². The number of carbonyl (C=O) groups excluding carboxylic acids is 2. The normalized spacial score (nSPS) is 50.8. The summed E-state index contributed by atoms with van der Waals surface area (Å²) in [4.78, 5) is 24.7. The Kier molecular flexibility index (Phi) is 3.58. The maximum absolute atomic E-state index is 12.9. The number of ether oxygens (including phenoxy) is 1. The Balaban J connectivity index is 1.83.